The summed E-state index contributed by atoms with van der Waals surface area (Å²) in [4.78, 5) is 15.3. The predicted molar refractivity (Wildman–Crippen MR) is 181 cm³/mol. The highest BCUT2D eigenvalue weighted by molar-refractivity contribution is 7.61. The van der Waals surface area contributed by atoms with Gasteiger partial charge >= 0.3 is 41.8 Å². The highest BCUT2D eigenvalue weighted by Crippen LogP contribution is 2.36. The van der Waals surface area contributed by atoms with Crippen molar-refractivity contribution in [3.8, 4) is 0 Å². The number of hydrogen-bond acceptors (Lipinski definition) is 8. The van der Waals surface area contributed by atoms with Gasteiger partial charge in [0.25, 0.3) is 0 Å². The van der Waals surface area contributed by atoms with Gasteiger partial charge in [0.15, 0.2) is 7.37 Å². The molecule has 39 heavy (non-hydrogen) atoms. The van der Waals surface area contributed by atoms with Gasteiger partial charge in [-0.15, -0.1) is 0 Å². The highest BCUT2D eigenvalue weighted by atomic mass is 31.2. The van der Waals surface area contributed by atoms with Crippen LogP contribution in [0.5, 0.6) is 0 Å². The first kappa shape index (κ1) is 49.9. The molecule has 0 aromatic heterocycles. The molecule has 0 unspecified atom stereocenters. The van der Waals surface area contributed by atoms with Crippen LogP contribution in [0.3, 0.4) is 0 Å². The van der Waals surface area contributed by atoms with Crippen LogP contribution in [-0.4, -0.2) is 90.6 Å². The fraction of sp³-hybridized carbons (Fsp3) is 1.00. The largest absolute Gasteiger partial charge is 0.416 e. The van der Waals surface area contributed by atoms with Crippen LogP contribution >= 0.6 is 22.1 Å². The Balaban J connectivity index is -0.000000167. The third-order valence-electron chi connectivity index (χ3n) is 3.58. The van der Waals surface area contributed by atoms with E-state index in [2.05, 4.69) is 52.8 Å². The van der Waals surface area contributed by atoms with Gasteiger partial charge in [0.1, 0.15) is 0 Å². The molecule has 2 N–H and O–H groups in total. The van der Waals surface area contributed by atoms with Crippen LogP contribution in [0.1, 0.15) is 48.0 Å². The molecule has 0 aliphatic carbocycles. The van der Waals surface area contributed by atoms with E-state index in [1.807, 2.05) is 6.92 Å². The molecule has 1 aliphatic rings. The minimum Gasteiger partial charge on any atom is -0.416 e. The summed E-state index contributed by atoms with van der Waals surface area (Å²) < 4.78 is 60.6. The van der Waals surface area contributed by atoms with E-state index in [0.717, 1.165) is 12.7 Å². The third kappa shape index (κ3) is 43.9. The Bertz CT molecular complexity index is 722. The van der Waals surface area contributed by atoms with E-state index in [-0.39, 0.29) is 14.9 Å². The van der Waals surface area contributed by atoms with Crippen LogP contribution in [0.25, 0.3) is 0 Å². The monoisotopic (exact) mass is 694 g/mol. The molecule has 244 valence electrons. The molecule has 1 heterocycles. The lowest BCUT2D eigenvalue weighted by Gasteiger charge is -2.47. The van der Waals surface area contributed by atoms with Crippen LogP contribution < -0.4 is 0 Å². The zero-order valence-electron chi connectivity index (χ0n) is 26.0. The van der Waals surface area contributed by atoms with E-state index in [1.165, 1.54) is 19.3 Å². The summed E-state index contributed by atoms with van der Waals surface area (Å²) in [5.41, 5.74) is 0. The first-order valence-electron chi connectivity index (χ1n) is 12.5. The lowest BCUT2D eigenvalue weighted by molar-refractivity contribution is 0.233. The predicted octanol–water partition coefficient (Wildman–Crippen LogP) is 8.30. The Hall–Kier alpha value is 1.28. The molecule has 0 amide bonds. The Morgan fingerprint density at radius 2 is 0.923 bits per heavy atom. The fourth-order valence-corrected chi connectivity index (χ4v) is 25.7. The second-order valence-corrected chi connectivity index (χ2v) is 34.2. The first-order valence-corrected chi connectivity index (χ1v) is 31.1. The molecule has 1 rings (SSSR count). The molecular formula is C22H65O10P3Si4. The van der Waals surface area contributed by atoms with Crippen molar-refractivity contribution in [2.24, 2.45) is 0 Å². The van der Waals surface area contributed by atoms with Gasteiger partial charge in [0, 0.05) is 20.0 Å². The molecular weight excluding hydrogens is 629 g/mol. The zero-order valence-corrected chi connectivity index (χ0v) is 32.7. The minimum atomic E-state index is -3.64. The van der Waals surface area contributed by atoms with Gasteiger partial charge in [-0.1, -0.05) is 41.0 Å². The van der Waals surface area contributed by atoms with Crippen molar-refractivity contribution >= 4 is 56.4 Å². The summed E-state index contributed by atoms with van der Waals surface area (Å²) in [7, 11) is -16.1. The van der Waals surface area contributed by atoms with Gasteiger partial charge < -0.3 is 35.3 Å². The quantitative estimate of drug-likeness (QED) is 0.159. The van der Waals surface area contributed by atoms with Crippen LogP contribution in [0.2, 0.25) is 51.9 Å². The molecule has 17 heteroatoms. The van der Waals surface area contributed by atoms with Crippen LogP contribution in [0, 0.1) is 0 Å². The van der Waals surface area contributed by atoms with Crippen molar-refractivity contribution in [3.05, 3.63) is 0 Å². The van der Waals surface area contributed by atoms with Gasteiger partial charge in [-0.25, -0.2) is 0 Å². The summed E-state index contributed by atoms with van der Waals surface area (Å²) in [6, 6.07) is 1.04. The average molecular weight is 695 g/mol. The lowest BCUT2D eigenvalue weighted by atomic mass is 10.3. The SMILES string of the molecule is C.C.CCCCC[Si]1(C)O[Si](C)(C)O[Si](C)(C)O[Si](C)(C)O1.CCOP(C)(C)=O.CP(=O)(O)O.CP(C)(C)=O. The summed E-state index contributed by atoms with van der Waals surface area (Å²) in [6.07, 6.45) is 3.63. The smallest absolute Gasteiger partial charge is 0.322 e. The Labute approximate surface area is 246 Å². The van der Waals surface area contributed by atoms with E-state index >= 15 is 0 Å². The molecule has 0 bridgehead atoms. The van der Waals surface area contributed by atoms with Crippen molar-refractivity contribution in [1.82, 2.24) is 0 Å². The summed E-state index contributed by atoms with van der Waals surface area (Å²) >= 11 is 0. The molecule has 1 aliphatic heterocycles. The van der Waals surface area contributed by atoms with E-state index in [1.54, 1.807) is 33.3 Å². The molecule has 1 saturated heterocycles. The average Bonchev–Trinajstić information content (AvgIpc) is 2.45. The summed E-state index contributed by atoms with van der Waals surface area (Å²) in [6.45, 7) is 28.8. The van der Waals surface area contributed by atoms with E-state index in [0.29, 0.717) is 6.61 Å². The molecule has 10 nitrogen and oxygen atoms in total. The van der Waals surface area contributed by atoms with Crippen molar-refractivity contribution < 1.29 is 44.5 Å². The maximum atomic E-state index is 10.6. The molecule has 0 radical (unpaired) electrons. The second-order valence-electron chi connectivity index (χ2n) is 11.6. The summed E-state index contributed by atoms with van der Waals surface area (Å²) in [5, 5.41) is 0. The maximum Gasteiger partial charge on any atom is 0.322 e. The standard InChI is InChI=1S/C12H32O4Si4.C4H11O2P.C3H9OP.CH5O3P.2CH4/c1-9-10-11-12-20(8)15-18(4,5)13-17(2,3)14-19(6,7)16-20;1-4-6-7(2,3)5;2*1-5(2,3)4;;/h9-12H2,1-8H3;4H2,1-3H3;1-3H3;1H3,(H2,2,3,4);2*1H4. The second kappa shape index (κ2) is 20.3. The van der Waals surface area contributed by atoms with Crippen molar-refractivity contribution in [2.45, 2.75) is 99.8 Å². The third-order valence-corrected chi connectivity index (χ3v) is 21.0. The molecule has 0 aromatic rings. The maximum absolute atomic E-state index is 10.6. The lowest BCUT2D eigenvalue weighted by Crippen LogP contribution is -2.64. The van der Waals surface area contributed by atoms with E-state index in [4.69, 9.17) is 30.8 Å². The number of unbranched alkanes of at least 4 members (excludes halogenated alkanes) is 2. The van der Waals surface area contributed by atoms with Gasteiger partial charge in [-0.3, -0.25) is 9.13 Å². The number of rotatable bonds is 6. The van der Waals surface area contributed by atoms with Crippen LogP contribution in [-0.2, 0) is 34.7 Å². The van der Waals surface area contributed by atoms with Crippen molar-refractivity contribution in [2.75, 3.05) is 46.6 Å². The summed E-state index contributed by atoms with van der Waals surface area (Å²) in [5.74, 6) is 0. The van der Waals surface area contributed by atoms with Gasteiger partial charge in [0.2, 0.25) is 0 Å². The Morgan fingerprint density at radius 3 is 1.13 bits per heavy atom. The molecule has 0 aromatic carbocycles. The molecule has 1 fully saturated rings. The highest BCUT2D eigenvalue weighted by Gasteiger charge is 2.52. The molecule has 0 atom stereocenters. The molecule has 0 spiro atoms. The zero-order chi connectivity index (χ0) is 30.6. The normalized spacial score (nSPS) is 19.3. The number of hydrogen-bond donors (Lipinski definition) is 2. The first-order chi connectivity index (χ1) is 15.9. The van der Waals surface area contributed by atoms with Gasteiger partial charge in [-0.05, 0) is 78.8 Å². The van der Waals surface area contributed by atoms with Crippen molar-refractivity contribution in [1.29, 1.82) is 0 Å². The topological polar surface area (TPSA) is 138 Å². The van der Waals surface area contributed by atoms with Crippen LogP contribution in [0.15, 0.2) is 0 Å². The van der Waals surface area contributed by atoms with Crippen molar-refractivity contribution in [3.63, 3.8) is 0 Å². The molecule has 0 saturated carbocycles. The Kier molecular flexibility index (Phi) is 26.0. The van der Waals surface area contributed by atoms with E-state index in [9.17, 15) is 13.7 Å². The van der Waals surface area contributed by atoms with Crippen LogP contribution in [0.4, 0.5) is 0 Å². The fourth-order valence-electron chi connectivity index (χ4n) is 3.42. The van der Waals surface area contributed by atoms with Gasteiger partial charge in [0.05, 0.1) is 13.7 Å². The Morgan fingerprint density at radius 1 is 0.641 bits per heavy atom. The van der Waals surface area contributed by atoms with E-state index < -0.39 is 56.4 Å². The van der Waals surface area contributed by atoms with Gasteiger partial charge in [-0.2, -0.15) is 0 Å². The minimum absolute atomic E-state index is 0.